The van der Waals surface area contributed by atoms with Crippen LogP contribution in [0.15, 0.2) is 60.2 Å². The van der Waals surface area contributed by atoms with Crippen molar-refractivity contribution in [2.75, 3.05) is 5.32 Å². The molecule has 1 N–H and O–H groups in total. The summed E-state index contributed by atoms with van der Waals surface area (Å²) in [7, 11) is 0. The monoisotopic (exact) mass is 379 g/mol. The van der Waals surface area contributed by atoms with Gasteiger partial charge in [0, 0.05) is 29.2 Å². The van der Waals surface area contributed by atoms with Gasteiger partial charge in [-0.2, -0.15) is 0 Å². The molecule has 2 aromatic carbocycles. The number of anilines is 1. The van der Waals surface area contributed by atoms with E-state index >= 15 is 0 Å². The molecule has 0 aliphatic heterocycles. The summed E-state index contributed by atoms with van der Waals surface area (Å²) in [5, 5.41) is 4.73. The summed E-state index contributed by atoms with van der Waals surface area (Å²) in [6.07, 6.45) is 2.33. The van der Waals surface area contributed by atoms with E-state index in [4.69, 9.17) is 0 Å². The van der Waals surface area contributed by atoms with Gasteiger partial charge in [-0.25, -0.2) is 9.37 Å². The van der Waals surface area contributed by atoms with Crippen molar-refractivity contribution in [2.24, 2.45) is 0 Å². The maximum atomic E-state index is 13.2. The first kappa shape index (κ1) is 17.4. The summed E-state index contributed by atoms with van der Waals surface area (Å²) in [4.78, 5) is 17.0. The van der Waals surface area contributed by atoms with Crippen LogP contribution in [0.3, 0.4) is 0 Å². The Morgan fingerprint density at radius 3 is 2.74 bits per heavy atom. The molecule has 27 heavy (non-hydrogen) atoms. The Balaban J connectivity index is 1.56. The van der Waals surface area contributed by atoms with Gasteiger partial charge in [-0.1, -0.05) is 18.2 Å². The Bertz CT molecular complexity index is 1100. The zero-order valence-corrected chi connectivity index (χ0v) is 15.6. The molecule has 0 saturated carbocycles. The number of halogens is 1. The first-order chi connectivity index (χ1) is 13.2. The minimum absolute atomic E-state index is 0.0957. The van der Waals surface area contributed by atoms with Crippen LogP contribution in [-0.4, -0.2) is 15.5 Å². The van der Waals surface area contributed by atoms with Gasteiger partial charge in [0.25, 0.3) is 0 Å². The Morgan fingerprint density at radius 1 is 1.19 bits per heavy atom. The van der Waals surface area contributed by atoms with E-state index in [-0.39, 0.29) is 18.1 Å². The van der Waals surface area contributed by atoms with Crippen molar-refractivity contribution >= 4 is 33.1 Å². The lowest BCUT2D eigenvalue weighted by molar-refractivity contribution is -0.115. The third kappa shape index (κ3) is 3.48. The zero-order chi connectivity index (χ0) is 18.8. The number of fused-ring (bicyclic) bond motifs is 1. The van der Waals surface area contributed by atoms with E-state index in [1.807, 2.05) is 24.4 Å². The molecule has 1 amide bonds. The quantitative estimate of drug-likeness (QED) is 0.524. The molecule has 0 bridgehead atoms. The van der Waals surface area contributed by atoms with E-state index < -0.39 is 0 Å². The second-order valence-corrected chi connectivity index (χ2v) is 7.07. The molecule has 0 spiro atoms. The first-order valence-electron chi connectivity index (χ1n) is 8.71. The van der Waals surface area contributed by atoms with Crippen molar-refractivity contribution in [3.05, 3.63) is 71.6 Å². The van der Waals surface area contributed by atoms with Gasteiger partial charge in [0.2, 0.25) is 5.91 Å². The van der Waals surface area contributed by atoms with E-state index in [2.05, 4.69) is 27.9 Å². The number of hydrogen-bond donors (Lipinski definition) is 1. The highest BCUT2D eigenvalue weighted by atomic mass is 32.1. The van der Waals surface area contributed by atoms with Crippen molar-refractivity contribution < 1.29 is 9.18 Å². The number of nitrogens with zero attached hydrogens (tertiary/aromatic N) is 2. The maximum absolute atomic E-state index is 13.2. The van der Waals surface area contributed by atoms with Crippen LogP contribution in [-0.2, 0) is 17.8 Å². The Hall–Kier alpha value is -2.99. The third-order valence-electron chi connectivity index (χ3n) is 4.50. The average Bonchev–Trinajstić information content (AvgIpc) is 3.27. The molecule has 0 fully saturated rings. The number of rotatable bonds is 5. The van der Waals surface area contributed by atoms with Crippen LogP contribution >= 0.6 is 11.3 Å². The van der Waals surface area contributed by atoms with Gasteiger partial charge in [0.1, 0.15) is 16.5 Å². The molecule has 2 heterocycles. The molecule has 0 unspecified atom stereocenters. The fourth-order valence-corrected chi connectivity index (χ4v) is 3.94. The molecule has 136 valence electrons. The number of thiazole rings is 1. The van der Waals surface area contributed by atoms with Crippen molar-refractivity contribution in [2.45, 2.75) is 19.9 Å². The van der Waals surface area contributed by atoms with Crippen LogP contribution in [0.2, 0.25) is 0 Å². The molecule has 0 atom stereocenters. The van der Waals surface area contributed by atoms with Crippen LogP contribution in [0.5, 0.6) is 0 Å². The van der Waals surface area contributed by atoms with Gasteiger partial charge in [-0.15, -0.1) is 11.3 Å². The van der Waals surface area contributed by atoms with Crippen molar-refractivity contribution in [3.63, 3.8) is 0 Å². The van der Waals surface area contributed by atoms with Crippen LogP contribution in [0.25, 0.3) is 22.2 Å². The topological polar surface area (TPSA) is 46.9 Å². The van der Waals surface area contributed by atoms with Crippen molar-refractivity contribution in [1.29, 1.82) is 0 Å². The molecule has 4 rings (SSSR count). The van der Waals surface area contributed by atoms with E-state index in [1.165, 1.54) is 23.5 Å². The largest absolute Gasteiger partial charge is 0.347 e. The van der Waals surface area contributed by atoms with E-state index in [9.17, 15) is 9.18 Å². The van der Waals surface area contributed by atoms with Crippen LogP contribution in [0, 0.1) is 5.82 Å². The van der Waals surface area contributed by atoms with Crippen LogP contribution in [0.1, 0.15) is 12.5 Å². The molecule has 4 nitrogen and oxygen atoms in total. The molecule has 2 aromatic heterocycles. The predicted octanol–water partition coefficient (Wildman–Crippen LogP) is 5.11. The number of nitrogens with one attached hydrogen (secondary N) is 1. The summed E-state index contributed by atoms with van der Waals surface area (Å²) in [6, 6.07) is 14.2. The van der Waals surface area contributed by atoms with Gasteiger partial charge in [-0.3, -0.25) is 4.79 Å². The Labute approximate surface area is 160 Å². The number of aromatic nitrogens is 2. The van der Waals surface area contributed by atoms with Gasteiger partial charge >= 0.3 is 0 Å². The molecule has 6 heteroatoms. The van der Waals surface area contributed by atoms with Gasteiger partial charge in [0.15, 0.2) is 0 Å². The lowest BCUT2D eigenvalue weighted by Gasteiger charge is -2.05. The molecule has 0 aliphatic rings. The summed E-state index contributed by atoms with van der Waals surface area (Å²) in [5.74, 6) is -0.395. The minimum atomic E-state index is -0.299. The van der Waals surface area contributed by atoms with E-state index in [1.54, 1.807) is 17.6 Å². The standard InChI is InChI=1S/C21H18FN3OS/c1-2-25-12-15(17-5-3-4-6-18(17)25)11-19(26)24-21-20(23-13-27-21)14-7-9-16(22)10-8-14/h3-10,12-13H,2,11H2,1H3,(H,24,26). The van der Waals surface area contributed by atoms with Crippen molar-refractivity contribution in [3.8, 4) is 11.3 Å². The maximum Gasteiger partial charge on any atom is 0.229 e. The molecular weight excluding hydrogens is 361 g/mol. The van der Waals surface area contributed by atoms with E-state index in [0.29, 0.717) is 10.7 Å². The number of hydrogen-bond acceptors (Lipinski definition) is 3. The first-order valence-corrected chi connectivity index (χ1v) is 9.59. The zero-order valence-electron chi connectivity index (χ0n) is 14.8. The molecular formula is C21H18FN3OS. The normalized spacial score (nSPS) is 11.0. The average molecular weight is 379 g/mol. The Morgan fingerprint density at radius 2 is 1.96 bits per heavy atom. The number of carbonyl (C=O) groups excluding carboxylic acids is 1. The lowest BCUT2D eigenvalue weighted by Crippen LogP contribution is -2.14. The van der Waals surface area contributed by atoms with Gasteiger partial charge < -0.3 is 9.88 Å². The van der Waals surface area contributed by atoms with Gasteiger partial charge in [0.05, 0.1) is 11.9 Å². The van der Waals surface area contributed by atoms with Crippen LogP contribution in [0.4, 0.5) is 9.39 Å². The SMILES string of the molecule is CCn1cc(CC(=O)Nc2scnc2-c2ccc(F)cc2)c2ccccc21. The molecule has 4 aromatic rings. The van der Waals surface area contributed by atoms with Crippen molar-refractivity contribution in [1.82, 2.24) is 9.55 Å². The molecule has 0 radical (unpaired) electrons. The second-order valence-electron chi connectivity index (χ2n) is 6.22. The number of benzene rings is 2. The highest BCUT2D eigenvalue weighted by molar-refractivity contribution is 7.14. The fraction of sp³-hybridized carbons (Fsp3) is 0.143. The fourth-order valence-electron chi connectivity index (χ4n) is 3.22. The summed E-state index contributed by atoms with van der Waals surface area (Å²) in [5.41, 5.74) is 5.24. The highest BCUT2D eigenvalue weighted by Crippen LogP contribution is 2.31. The number of para-hydroxylation sites is 1. The summed E-state index contributed by atoms with van der Waals surface area (Å²) < 4.78 is 15.3. The Kier molecular flexibility index (Phi) is 4.73. The number of aryl methyl sites for hydroxylation is 1. The summed E-state index contributed by atoms with van der Waals surface area (Å²) >= 11 is 1.36. The highest BCUT2D eigenvalue weighted by Gasteiger charge is 2.15. The third-order valence-corrected chi connectivity index (χ3v) is 5.24. The predicted molar refractivity (Wildman–Crippen MR) is 107 cm³/mol. The van der Waals surface area contributed by atoms with Gasteiger partial charge in [-0.05, 0) is 42.8 Å². The summed E-state index contributed by atoms with van der Waals surface area (Å²) in [6.45, 7) is 2.94. The number of amides is 1. The number of carbonyl (C=O) groups is 1. The molecule has 0 saturated heterocycles. The van der Waals surface area contributed by atoms with Crippen LogP contribution < -0.4 is 5.32 Å². The lowest BCUT2D eigenvalue weighted by atomic mass is 10.1. The second kappa shape index (κ2) is 7.32. The van der Waals surface area contributed by atoms with E-state index in [0.717, 1.165) is 28.6 Å². The smallest absolute Gasteiger partial charge is 0.229 e. The molecule has 0 aliphatic carbocycles. The minimum Gasteiger partial charge on any atom is -0.347 e.